The number of carbonyl (C=O) groups is 2. The average Bonchev–Trinajstić information content (AvgIpc) is 2.83. The van der Waals surface area contributed by atoms with Gasteiger partial charge in [-0.05, 0) is 84.8 Å². The third kappa shape index (κ3) is 27.2. The van der Waals surface area contributed by atoms with Crippen molar-refractivity contribution in [1.82, 2.24) is 4.90 Å². The summed E-state index contributed by atoms with van der Waals surface area (Å²) in [5, 5.41) is 8.62. The summed E-state index contributed by atoms with van der Waals surface area (Å²) in [7, 11) is 4.08. The van der Waals surface area contributed by atoms with Gasteiger partial charge in [0.05, 0.1) is 0 Å². The summed E-state index contributed by atoms with van der Waals surface area (Å²) in [5.41, 5.74) is 0. The number of unbranched alkanes of at least 4 members (excludes halogenated alkanes) is 14. The third-order valence-corrected chi connectivity index (χ3v) is 6.74. The fourth-order valence-electron chi connectivity index (χ4n) is 4.49. The van der Waals surface area contributed by atoms with Gasteiger partial charge in [-0.3, -0.25) is 9.59 Å². The van der Waals surface area contributed by atoms with Gasteiger partial charge in [0.15, 0.2) is 0 Å². The Balaban J connectivity index is 3.74. The third-order valence-electron chi connectivity index (χ3n) is 6.74. The molecule has 5 nitrogen and oxygen atoms in total. The summed E-state index contributed by atoms with van der Waals surface area (Å²) < 4.78 is 5.86. The number of carboxylic acid groups (broad SMARTS) is 1. The van der Waals surface area contributed by atoms with Crippen LogP contribution in [0.4, 0.5) is 0 Å². The highest BCUT2D eigenvalue weighted by Crippen LogP contribution is 2.17. The lowest BCUT2D eigenvalue weighted by molar-refractivity contribution is -0.150. The largest absolute Gasteiger partial charge is 0.481 e. The number of allylic oxidation sites excluding steroid dienone is 2. The monoisotopic (exact) mass is 509 g/mol. The van der Waals surface area contributed by atoms with Crippen molar-refractivity contribution in [2.24, 2.45) is 0 Å². The first-order chi connectivity index (χ1) is 17.5. The number of hydrogen-bond acceptors (Lipinski definition) is 4. The molecule has 0 heterocycles. The number of hydrogen-bond donors (Lipinski definition) is 1. The summed E-state index contributed by atoms with van der Waals surface area (Å²) in [4.78, 5) is 24.8. The predicted molar refractivity (Wildman–Crippen MR) is 152 cm³/mol. The van der Waals surface area contributed by atoms with Crippen molar-refractivity contribution < 1.29 is 19.4 Å². The Morgan fingerprint density at radius 2 is 1.19 bits per heavy atom. The van der Waals surface area contributed by atoms with E-state index in [1.165, 1.54) is 83.5 Å². The van der Waals surface area contributed by atoms with Gasteiger partial charge >= 0.3 is 11.9 Å². The zero-order valence-corrected chi connectivity index (χ0v) is 24.1. The Bertz CT molecular complexity index is 533. The molecule has 0 bridgehead atoms. The lowest BCUT2D eigenvalue weighted by Gasteiger charge is -2.18. The van der Waals surface area contributed by atoms with Crippen LogP contribution in [0, 0.1) is 0 Å². The van der Waals surface area contributed by atoms with E-state index < -0.39 is 5.97 Å². The van der Waals surface area contributed by atoms with Crippen LogP contribution in [0.3, 0.4) is 0 Å². The first kappa shape index (κ1) is 34.6. The minimum atomic E-state index is -0.677. The Labute approximate surface area is 223 Å². The van der Waals surface area contributed by atoms with Crippen molar-refractivity contribution in [2.75, 3.05) is 20.6 Å². The van der Waals surface area contributed by atoms with Crippen molar-refractivity contribution in [2.45, 2.75) is 154 Å². The normalized spacial score (nSPS) is 12.4. The molecule has 0 aliphatic rings. The number of nitrogens with zero attached hydrogens (tertiary/aromatic N) is 1. The summed E-state index contributed by atoms with van der Waals surface area (Å²) in [6.07, 6.45) is 28.8. The maximum absolute atomic E-state index is 12.3. The molecule has 0 aliphatic heterocycles. The van der Waals surface area contributed by atoms with Crippen LogP contribution in [0.15, 0.2) is 12.2 Å². The molecule has 0 rings (SSSR count). The number of esters is 1. The van der Waals surface area contributed by atoms with Gasteiger partial charge in [-0.15, -0.1) is 0 Å². The molecule has 0 fully saturated rings. The average molecular weight is 510 g/mol. The van der Waals surface area contributed by atoms with Crippen molar-refractivity contribution in [1.29, 1.82) is 0 Å². The zero-order valence-electron chi connectivity index (χ0n) is 24.1. The lowest BCUT2D eigenvalue weighted by atomic mass is 10.0. The van der Waals surface area contributed by atoms with Crippen LogP contribution in [0.5, 0.6) is 0 Å². The summed E-state index contributed by atoms with van der Waals surface area (Å²) >= 11 is 0. The number of rotatable bonds is 27. The van der Waals surface area contributed by atoms with E-state index in [-0.39, 0.29) is 12.1 Å². The van der Waals surface area contributed by atoms with E-state index in [2.05, 4.69) is 24.0 Å². The van der Waals surface area contributed by atoms with Gasteiger partial charge < -0.3 is 14.7 Å². The maximum Gasteiger partial charge on any atom is 0.306 e. The second-order valence-electron chi connectivity index (χ2n) is 10.7. The van der Waals surface area contributed by atoms with E-state index >= 15 is 0 Å². The van der Waals surface area contributed by atoms with Crippen LogP contribution in [-0.2, 0) is 14.3 Å². The van der Waals surface area contributed by atoms with Crippen molar-refractivity contribution in [3.8, 4) is 0 Å². The first-order valence-corrected chi connectivity index (χ1v) is 15.2. The number of carbonyl (C=O) groups excluding carboxylic acids is 1. The summed E-state index contributed by atoms with van der Waals surface area (Å²) in [5.74, 6) is -0.690. The molecular formula is C31H59NO4. The molecular weight excluding hydrogens is 450 g/mol. The zero-order chi connectivity index (χ0) is 26.7. The highest BCUT2D eigenvalue weighted by molar-refractivity contribution is 5.69. The summed E-state index contributed by atoms with van der Waals surface area (Å²) in [6.45, 7) is 3.17. The molecule has 0 radical (unpaired) electrons. The van der Waals surface area contributed by atoms with Crippen molar-refractivity contribution in [3.05, 3.63) is 12.2 Å². The van der Waals surface area contributed by atoms with E-state index in [9.17, 15) is 9.59 Å². The van der Waals surface area contributed by atoms with E-state index in [1.807, 2.05) is 14.1 Å². The SMILES string of the molecule is CCCCCCC(CCCCCCCC/C=C\CCCCCCCC(=O)O)OC(=O)CCCN(C)C. The van der Waals surface area contributed by atoms with Crippen LogP contribution < -0.4 is 0 Å². The Morgan fingerprint density at radius 3 is 1.72 bits per heavy atom. The number of aliphatic carboxylic acids is 1. The molecule has 0 aromatic rings. The molecule has 0 aromatic heterocycles. The van der Waals surface area contributed by atoms with E-state index in [0.29, 0.717) is 12.8 Å². The molecule has 0 aromatic carbocycles. The highest BCUT2D eigenvalue weighted by Gasteiger charge is 2.14. The number of carboxylic acids is 1. The van der Waals surface area contributed by atoms with E-state index in [4.69, 9.17) is 9.84 Å². The second kappa shape index (κ2) is 26.7. The Morgan fingerprint density at radius 1 is 0.694 bits per heavy atom. The lowest BCUT2D eigenvalue weighted by Crippen LogP contribution is -2.20. The van der Waals surface area contributed by atoms with Crippen molar-refractivity contribution >= 4 is 11.9 Å². The molecule has 36 heavy (non-hydrogen) atoms. The minimum absolute atomic E-state index is 0.0128. The molecule has 212 valence electrons. The fourth-order valence-corrected chi connectivity index (χ4v) is 4.49. The Hall–Kier alpha value is -1.36. The van der Waals surface area contributed by atoms with Gasteiger partial charge in [-0.1, -0.05) is 83.3 Å². The van der Waals surface area contributed by atoms with Gasteiger partial charge in [0.2, 0.25) is 0 Å². The van der Waals surface area contributed by atoms with Crippen LogP contribution in [0.25, 0.3) is 0 Å². The standard InChI is InChI=1S/C31H59NO4/c1-4-5-6-20-24-29(36-31(35)27-23-28-32(2)3)25-21-18-16-14-12-10-8-7-9-11-13-15-17-19-22-26-30(33)34/h7,9,29H,4-6,8,10-28H2,1-3H3,(H,33,34)/b9-7-. The fraction of sp³-hybridized carbons (Fsp3) is 0.871. The van der Waals surface area contributed by atoms with E-state index in [0.717, 1.165) is 51.5 Å². The highest BCUT2D eigenvalue weighted by atomic mass is 16.5. The van der Waals surface area contributed by atoms with Gasteiger partial charge in [0.1, 0.15) is 6.10 Å². The van der Waals surface area contributed by atoms with Crippen LogP contribution in [0.2, 0.25) is 0 Å². The quantitative estimate of drug-likeness (QED) is 0.0681. The molecule has 0 spiro atoms. The predicted octanol–water partition coefficient (Wildman–Crippen LogP) is 8.70. The van der Waals surface area contributed by atoms with Gasteiger partial charge in [-0.25, -0.2) is 0 Å². The molecule has 0 amide bonds. The molecule has 0 saturated heterocycles. The Kier molecular flexibility index (Phi) is 25.7. The minimum Gasteiger partial charge on any atom is -0.481 e. The molecule has 1 N–H and O–H groups in total. The molecule has 1 atom stereocenters. The van der Waals surface area contributed by atoms with Gasteiger partial charge in [0, 0.05) is 12.8 Å². The molecule has 0 aliphatic carbocycles. The smallest absolute Gasteiger partial charge is 0.306 e. The van der Waals surface area contributed by atoms with Crippen LogP contribution in [-0.4, -0.2) is 48.7 Å². The van der Waals surface area contributed by atoms with Gasteiger partial charge in [0.25, 0.3) is 0 Å². The first-order valence-electron chi connectivity index (χ1n) is 15.2. The maximum atomic E-state index is 12.3. The molecule has 0 saturated carbocycles. The van der Waals surface area contributed by atoms with Crippen molar-refractivity contribution in [3.63, 3.8) is 0 Å². The van der Waals surface area contributed by atoms with Gasteiger partial charge in [-0.2, -0.15) is 0 Å². The van der Waals surface area contributed by atoms with Crippen LogP contribution >= 0.6 is 0 Å². The topological polar surface area (TPSA) is 66.8 Å². The second-order valence-corrected chi connectivity index (χ2v) is 10.7. The molecule has 1 unspecified atom stereocenters. The van der Waals surface area contributed by atoms with Crippen LogP contribution in [0.1, 0.15) is 148 Å². The number of ether oxygens (including phenoxy) is 1. The molecule has 5 heteroatoms. The van der Waals surface area contributed by atoms with E-state index in [1.54, 1.807) is 0 Å². The summed E-state index contributed by atoms with van der Waals surface area (Å²) in [6, 6.07) is 0.